The summed E-state index contributed by atoms with van der Waals surface area (Å²) in [4.78, 5) is 15.9. The number of aromatic carboxylic acids is 1. The van der Waals surface area contributed by atoms with Crippen LogP contribution in [-0.2, 0) is 12.8 Å². The van der Waals surface area contributed by atoms with Crippen molar-refractivity contribution in [3.05, 3.63) is 51.2 Å². The van der Waals surface area contributed by atoms with Crippen LogP contribution in [0.25, 0.3) is 0 Å². The van der Waals surface area contributed by atoms with E-state index in [0.29, 0.717) is 29.1 Å². The SMILES string of the molecule is CCCCc1nc(Cc2ccccc2F)sc1C(=O)O. The number of carboxylic acid groups (broad SMARTS) is 1. The lowest BCUT2D eigenvalue weighted by Crippen LogP contribution is -1.99. The zero-order chi connectivity index (χ0) is 14.5. The van der Waals surface area contributed by atoms with Gasteiger partial charge in [0.1, 0.15) is 10.7 Å². The van der Waals surface area contributed by atoms with E-state index in [1.165, 1.54) is 6.07 Å². The molecule has 2 aromatic rings. The summed E-state index contributed by atoms with van der Waals surface area (Å²) in [6, 6.07) is 6.50. The van der Waals surface area contributed by atoms with Crippen molar-refractivity contribution >= 4 is 17.3 Å². The van der Waals surface area contributed by atoms with Crippen LogP contribution < -0.4 is 0 Å². The first-order valence-corrected chi connectivity index (χ1v) is 7.38. The Balaban J connectivity index is 2.24. The highest BCUT2D eigenvalue weighted by atomic mass is 32.1. The number of hydrogen-bond donors (Lipinski definition) is 1. The van der Waals surface area contributed by atoms with Crippen molar-refractivity contribution in [2.75, 3.05) is 0 Å². The van der Waals surface area contributed by atoms with Gasteiger partial charge >= 0.3 is 5.97 Å². The van der Waals surface area contributed by atoms with E-state index in [1.807, 2.05) is 6.92 Å². The third-order valence-corrected chi connectivity index (χ3v) is 4.09. The van der Waals surface area contributed by atoms with Crippen molar-refractivity contribution in [1.29, 1.82) is 0 Å². The van der Waals surface area contributed by atoms with Gasteiger partial charge in [-0.05, 0) is 24.5 Å². The van der Waals surface area contributed by atoms with Gasteiger partial charge in [-0.2, -0.15) is 0 Å². The van der Waals surface area contributed by atoms with Gasteiger partial charge in [0, 0.05) is 6.42 Å². The number of carbonyl (C=O) groups is 1. The minimum atomic E-state index is -0.951. The van der Waals surface area contributed by atoms with Gasteiger partial charge in [0.05, 0.1) is 10.7 Å². The Morgan fingerprint density at radius 3 is 2.80 bits per heavy atom. The maximum absolute atomic E-state index is 13.6. The third kappa shape index (κ3) is 3.42. The molecule has 1 N–H and O–H groups in total. The molecule has 0 amide bonds. The summed E-state index contributed by atoms with van der Waals surface area (Å²) < 4.78 is 13.6. The van der Waals surface area contributed by atoms with E-state index in [0.717, 1.165) is 24.2 Å². The van der Waals surface area contributed by atoms with E-state index >= 15 is 0 Å². The number of thiazole rings is 1. The highest BCUT2D eigenvalue weighted by molar-refractivity contribution is 7.13. The molecule has 3 nitrogen and oxygen atoms in total. The molecule has 0 aliphatic heterocycles. The van der Waals surface area contributed by atoms with Crippen molar-refractivity contribution in [3.8, 4) is 0 Å². The Kier molecular flexibility index (Phi) is 4.84. The number of carboxylic acids is 1. The van der Waals surface area contributed by atoms with E-state index in [9.17, 15) is 14.3 Å². The summed E-state index contributed by atoms with van der Waals surface area (Å²) in [7, 11) is 0. The zero-order valence-corrected chi connectivity index (χ0v) is 12.0. The summed E-state index contributed by atoms with van der Waals surface area (Å²) in [5, 5.41) is 9.85. The second-order valence-corrected chi connectivity index (χ2v) is 5.64. The van der Waals surface area contributed by atoms with Gasteiger partial charge in [-0.3, -0.25) is 0 Å². The first-order chi connectivity index (χ1) is 9.61. The average Bonchev–Trinajstić information content (AvgIpc) is 2.82. The summed E-state index contributed by atoms with van der Waals surface area (Å²) in [5.41, 5.74) is 1.16. The molecule has 106 valence electrons. The Morgan fingerprint density at radius 2 is 2.15 bits per heavy atom. The molecular formula is C15H16FNO2S. The van der Waals surface area contributed by atoms with Crippen LogP contribution in [0.2, 0.25) is 0 Å². The smallest absolute Gasteiger partial charge is 0.347 e. The van der Waals surface area contributed by atoms with Gasteiger partial charge in [0.15, 0.2) is 0 Å². The van der Waals surface area contributed by atoms with Crippen LogP contribution in [0, 0.1) is 5.82 Å². The molecular weight excluding hydrogens is 277 g/mol. The van der Waals surface area contributed by atoms with Gasteiger partial charge in [-0.25, -0.2) is 14.2 Å². The number of aromatic nitrogens is 1. The minimum Gasteiger partial charge on any atom is -0.477 e. The molecule has 5 heteroatoms. The Labute approximate surface area is 121 Å². The Morgan fingerprint density at radius 1 is 1.40 bits per heavy atom. The predicted molar refractivity (Wildman–Crippen MR) is 76.9 cm³/mol. The fourth-order valence-corrected chi connectivity index (χ4v) is 2.93. The number of nitrogens with zero attached hydrogens (tertiary/aromatic N) is 1. The molecule has 0 bridgehead atoms. The van der Waals surface area contributed by atoms with Crippen LogP contribution in [0.3, 0.4) is 0 Å². The molecule has 0 aliphatic rings. The van der Waals surface area contributed by atoms with Gasteiger partial charge in [0.25, 0.3) is 0 Å². The molecule has 0 spiro atoms. The highest BCUT2D eigenvalue weighted by Crippen LogP contribution is 2.23. The topological polar surface area (TPSA) is 50.2 Å². The predicted octanol–water partition coefficient (Wildman–Crippen LogP) is 3.91. The highest BCUT2D eigenvalue weighted by Gasteiger charge is 2.17. The minimum absolute atomic E-state index is 0.282. The summed E-state index contributed by atoms with van der Waals surface area (Å²) in [6.07, 6.45) is 2.89. The molecule has 1 aromatic carbocycles. The van der Waals surface area contributed by atoms with Crippen LogP contribution in [0.15, 0.2) is 24.3 Å². The number of halogens is 1. The molecule has 0 saturated carbocycles. The molecule has 0 unspecified atom stereocenters. The Hall–Kier alpha value is -1.75. The second-order valence-electron chi connectivity index (χ2n) is 4.56. The molecule has 0 aliphatic carbocycles. The largest absolute Gasteiger partial charge is 0.477 e. The average molecular weight is 293 g/mol. The van der Waals surface area contributed by atoms with Gasteiger partial charge < -0.3 is 5.11 Å². The van der Waals surface area contributed by atoms with Crippen LogP contribution in [0.5, 0.6) is 0 Å². The molecule has 1 aromatic heterocycles. The van der Waals surface area contributed by atoms with Crippen molar-refractivity contribution in [2.24, 2.45) is 0 Å². The van der Waals surface area contributed by atoms with Crippen molar-refractivity contribution in [3.63, 3.8) is 0 Å². The maximum atomic E-state index is 13.6. The summed E-state index contributed by atoms with van der Waals surface area (Å²) in [6.45, 7) is 2.05. The van der Waals surface area contributed by atoms with E-state index in [2.05, 4.69) is 4.98 Å². The summed E-state index contributed by atoms with van der Waals surface area (Å²) in [5.74, 6) is -1.23. The van der Waals surface area contributed by atoms with E-state index in [-0.39, 0.29) is 10.7 Å². The van der Waals surface area contributed by atoms with Crippen LogP contribution >= 0.6 is 11.3 Å². The monoisotopic (exact) mass is 293 g/mol. The van der Waals surface area contributed by atoms with Crippen molar-refractivity contribution in [1.82, 2.24) is 4.98 Å². The molecule has 20 heavy (non-hydrogen) atoms. The first-order valence-electron chi connectivity index (χ1n) is 6.57. The molecule has 1 heterocycles. The lowest BCUT2D eigenvalue weighted by Gasteiger charge is -1.99. The van der Waals surface area contributed by atoms with Crippen molar-refractivity contribution in [2.45, 2.75) is 32.6 Å². The second kappa shape index (κ2) is 6.61. The lowest BCUT2D eigenvalue weighted by atomic mass is 10.1. The third-order valence-electron chi connectivity index (χ3n) is 3.00. The molecule has 0 atom stereocenters. The maximum Gasteiger partial charge on any atom is 0.347 e. The quantitative estimate of drug-likeness (QED) is 0.878. The van der Waals surface area contributed by atoms with E-state index in [4.69, 9.17) is 0 Å². The normalized spacial score (nSPS) is 10.7. The van der Waals surface area contributed by atoms with Crippen molar-refractivity contribution < 1.29 is 14.3 Å². The fourth-order valence-electron chi connectivity index (χ4n) is 1.96. The molecule has 2 rings (SSSR count). The molecule has 0 fully saturated rings. The zero-order valence-electron chi connectivity index (χ0n) is 11.2. The van der Waals surface area contributed by atoms with Gasteiger partial charge in [-0.1, -0.05) is 31.5 Å². The van der Waals surface area contributed by atoms with E-state index in [1.54, 1.807) is 18.2 Å². The van der Waals surface area contributed by atoms with Crippen LogP contribution in [-0.4, -0.2) is 16.1 Å². The summed E-state index contributed by atoms with van der Waals surface area (Å²) >= 11 is 1.14. The standard InChI is InChI=1S/C15H16FNO2S/c1-2-3-8-12-14(15(18)19)20-13(17-12)9-10-6-4-5-7-11(10)16/h4-7H,2-3,8-9H2,1H3,(H,18,19). The van der Waals surface area contributed by atoms with Gasteiger partial charge in [-0.15, -0.1) is 11.3 Å². The van der Waals surface area contributed by atoms with Crippen LogP contribution in [0.1, 0.15) is 45.7 Å². The van der Waals surface area contributed by atoms with Crippen LogP contribution in [0.4, 0.5) is 4.39 Å². The lowest BCUT2D eigenvalue weighted by molar-refractivity contribution is 0.0700. The van der Waals surface area contributed by atoms with Gasteiger partial charge in [0.2, 0.25) is 0 Å². The Bertz CT molecular complexity index is 610. The molecule has 0 saturated heterocycles. The molecule has 0 radical (unpaired) electrons. The number of benzene rings is 1. The first kappa shape index (κ1) is 14.7. The fraction of sp³-hybridized carbons (Fsp3) is 0.333. The number of rotatable bonds is 6. The van der Waals surface area contributed by atoms with E-state index < -0.39 is 5.97 Å². The number of aryl methyl sites for hydroxylation is 1. The number of hydrogen-bond acceptors (Lipinski definition) is 3. The number of unbranched alkanes of at least 4 members (excludes halogenated alkanes) is 1.